The summed E-state index contributed by atoms with van der Waals surface area (Å²) in [5.74, 6) is -0.508. The third-order valence-corrected chi connectivity index (χ3v) is 3.82. The van der Waals surface area contributed by atoms with E-state index in [-0.39, 0.29) is 22.5 Å². The van der Waals surface area contributed by atoms with Gasteiger partial charge in [-0.15, -0.1) is 0 Å². The molecule has 2 aromatic carbocycles. The maximum Gasteiger partial charge on any atom is 0.251 e. The van der Waals surface area contributed by atoms with Gasteiger partial charge < -0.3 is 10.6 Å². The van der Waals surface area contributed by atoms with Crippen LogP contribution in [-0.2, 0) is 4.79 Å². The average molecular weight is 396 g/mol. The first kappa shape index (κ1) is 21.3. The smallest absolute Gasteiger partial charge is 0.251 e. The summed E-state index contributed by atoms with van der Waals surface area (Å²) < 4.78 is 0. The molecule has 0 spiro atoms. The molecule has 6 heteroatoms. The highest BCUT2D eigenvalue weighted by atomic mass is 32.1. The van der Waals surface area contributed by atoms with E-state index < -0.39 is 0 Å². The van der Waals surface area contributed by atoms with Crippen LogP contribution in [0.25, 0.3) is 6.08 Å². The van der Waals surface area contributed by atoms with Crippen molar-refractivity contribution in [1.82, 2.24) is 10.6 Å². The molecular formula is C22H25N3O2S. The molecule has 0 aliphatic carbocycles. The molecule has 0 bridgehead atoms. The zero-order valence-electron chi connectivity index (χ0n) is 16.5. The van der Waals surface area contributed by atoms with Crippen molar-refractivity contribution in [3.8, 4) is 0 Å². The van der Waals surface area contributed by atoms with Crippen LogP contribution in [0.15, 0.2) is 54.6 Å². The number of rotatable bonds is 4. The number of amides is 2. The van der Waals surface area contributed by atoms with Crippen molar-refractivity contribution in [3.05, 3.63) is 71.3 Å². The van der Waals surface area contributed by atoms with Gasteiger partial charge in [-0.05, 0) is 69.8 Å². The molecule has 28 heavy (non-hydrogen) atoms. The van der Waals surface area contributed by atoms with Crippen molar-refractivity contribution in [1.29, 1.82) is 0 Å². The first-order valence-corrected chi connectivity index (χ1v) is 9.32. The van der Waals surface area contributed by atoms with Crippen LogP contribution in [0.3, 0.4) is 0 Å². The Labute approximate surface area is 171 Å². The molecule has 5 nitrogen and oxygen atoms in total. The summed E-state index contributed by atoms with van der Waals surface area (Å²) in [5, 5.41) is 8.58. The predicted octanol–water partition coefficient (Wildman–Crippen LogP) is 4.05. The third-order valence-electron chi connectivity index (χ3n) is 3.61. The summed E-state index contributed by atoms with van der Waals surface area (Å²) in [4.78, 5) is 24.3. The van der Waals surface area contributed by atoms with Crippen LogP contribution in [-0.4, -0.2) is 22.5 Å². The van der Waals surface area contributed by atoms with Crippen LogP contribution < -0.4 is 16.0 Å². The third kappa shape index (κ3) is 7.32. The Balaban J connectivity index is 1.93. The predicted molar refractivity (Wildman–Crippen MR) is 118 cm³/mol. The Hall–Kier alpha value is -2.99. The van der Waals surface area contributed by atoms with Crippen LogP contribution in [0.5, 0.6) is 0 Å². The zero-order chi connectivity index (χ0) is 20.7. The highest BCUT2D eigenvalue weighted by Gasteiger charge is 2.15. The first-order chi connectivity index (χ1) is 13.1. The van der Waals surface area contributed by atoms with Crippen molar-refractivity contribution < 1.29 is 9.59 Å². The topological polar surface area (TPSA) is 70.2 Å². The molecule has 0 radical (unpaired) electrons. The molecular weight excluding hydrogens is 370 g/mol. The molecule has 2 rings (SSSR count). The lowest BCUT2D eigenvalue weighted by Crippen LogP contribution is -2.40. The van der Waals surface area contributed by atoms with Crippen LogP contribution >= 0.6 is 12.2 Å². The molecule has 0 aromatic heterocycles. The van der Waals surface area contributed by atoms with Gasteiger partial charge in [0.25, 0.3) is 5.91 Å². The number of nitrogens with one attached hydrogen (secondary N) is 3. The van der Waals surface area contributed by atoms with E-state index in [2.05, 4.69) is 16.0 Å². The number of benzene rings is 2. The molecule has 146 valence electrons. The Bertz CT molecular complexity index is 897. The van der Waals surface area contributed by atoms with Gasteiger partial charge in [-0.25, -0.2) is 0 Å². The number of hydrogen-bond donors (Lipinski definition) is 3. The van der Waals surface area contributed by atoms with E-state index in [0.29, 0.717) is 11.3 Å². The maximum atomic E-state index is 12.3. The van der Waals surface area contributed by atoms with Crippen molar-refractivity contribution in [2.24, 2.45) is 0 Å². The number of hydrogen-bond acceptors (Lipinski definition) is 3. The largest absolute Gasteiger partial charge is 0.347 e. The van der Waals surface area contributed by atoms with Crippen molar-refractivity contribution in [2.75, 3.05) is 5.32 Å². The van der Waals surface area contributed by atoms with Gasteiger partial charge in [-0.1, -0.05) is 35.9 Å². The summed E-state index contributed by atoms with van der Waals surface area (Å²) >= 11 is 5.18. The lowest BCUT2D eigenvalue weighted by atomic mass is 10.1. The van der Waals surface area contributed by atoms with Gasteiger partial charge >= 0.3 is 0 Å². The second kappa shape index (κ2) is 9.28. The molecule has 3 N–H and O–H groups in total. The fourth-order valence-electron chi connectivity index (χ4n) is 2.32. The van der Waals surface area contributed by atoms with Crippen molar-refractivity contribution in [3.63, 3.8) is 0 Å². The molecule has 0 atom stereocenters. The Morgan fingerprint density at radius 3 is 2.36 bits per heavy atom. The Morgan fingerprint density at radius 1 is 1.04 bits per heavy atom. The van der Waals surface area contributed by atoms with Gasteiger partial charge in [0.05, 0.1) is 0 Å². The van der Waals surface area contributed by atoms with E-state index in [4.69, 9.17) is 12.2 Å². The van der Waals surface area contributed by atoms with Crippen LogP contribution in [0.4, 0.5) is 5.69 Å². The second-order valence-electron chi connectivity index (χ2n) is 7.47. The highest BCUT2D eigenvalue weighted by Crippen LogP contribution is 2.12. The zero-order valence-corrected chi connectivity index (χ0v) is 17.3. The summed E-state index contributed by atoms with van der Waals surface area (Å²) in [6.07, 6.45) is 3.14. The standard InChI is InChI=1S/C22H25N3O2S/c1-15-8-10-16(11-9-15)12-13-19(26)24-21(28)23-18-7-5-6-17(14-18)20(27)25-22(2,3)4/h5-14H,1-4H3,(H,25,27)(H2,23,24,26,28)/b13-12+. The van der Waals surface area contributed by atoms with E-state index in [1.165, 1.54) is 6.08 Å². The van der Waals surface area contributed by atoms with Crippen molar-refractivity contribution >= 4 is 40.9 Å². The molecule has 2 amide bonds. The summed E-state index contributed by atoms with van der Waals surface area (Å²) in [5.41, 5.74) is 2.89. The first-order valence-electron chi connectivity index (χ1n) is 8.92. The Morgan fingerprint density at radius 2 is 1.71 bits per heavy atom. The summed E-state index contributed by atoms with van der Waals surface area (Å²) in [6.45, 7) is 7.76. The minimum atomic E-state index is -0.334. The fourth-order valence-corrected chi connectivity index (χ4v) is 2.53. The lowest BCUT2D eigenvalue weighted by molar-refractivity contribution is -0.115. The normalized spacial score (nSPS) is 11.1. The highest BCUT2D eigenvalue weighted by molar-refractivity contribution is 7.80. The minimum Gasteiger partial charge on any atom is -0.347 e. The molecule has 2 aromatic rings. The molecule has 0 fully saturated rings. The molecule has 0 heterocycles. The molecule has 0 unspecified atom stereocenters. The molecule has 0 saturated heterocycles. The molecule has 0 saturated carbocycles. The number of carbonyl (C=O) groups excluding carboxylic acids is 2. The second-order valence-corrected chi connectivity index (χ2v) is 7.88. The van der Waals surface area contributed by atoms with Gasteiger partial charge in [0.1, 0.15) is 0 Å². The van der Waals surface area contributed by atoms with Crippen LogP contribution in [0.2, 0.25) is 0 Å². The number of aryl methyl sites for hydroxylation is 1. The van der Waals surface area contributed by atoms with E-state index in [1.807, 2.05) is 52.0 Å². The summed E-state index contributed by atoms with van der Waals surface area (Å²) in [7, 11) is 0. The van der Waals surface area contributed by atoms with Crippen LogP contribution in [0.1, 0.15) is 42.3 Å². The van der Waals surface area contributed by atoms with Gasteiger partial charge in [0.15, 0.2) is 5.11 Å². The fraction of sp³-hybridized carbons (Fsp3) is 0.227. The van der Waals surface area contributed by atoms with Gasteiger partial charge in [0.2, 0.25) is 5.91 Å². The minimum absolute atomic E-state index is 0.159. The van der Waals surface area contributed by atoms with E-state index in [0.717, 1.165) is 11.1 Å². The van der Waals surface area contributed by atoms with E-state index in [9.17, 15) is 9.59 Å². The van der Waals surface area contributed by atoms with E-state index in [1.54, 1.807) is 30.3 Å². The lowest BCUT2D eigenvalue weighted by Gasteiger charge is -2.20. The van der Waals surface area contributed by atoms with Gasteiger partial charge in [0, 0.05) is 22.9 Å². The van der Waals surface area contributed by atoms with E-state index >= 15 is 0 Å². The number of carbonyl (C=O) groups is 2. The van der Waals surface area contributed by atoms with Gasteiger partial charge in [-0.3, -0.25) is 14.9 Å². The van der Waals surface area contributed by atoms with Crippen LogP contribution in [0, 0.1) is 6.92 Å². The molecule has 0 aliphatic heterocycles. The molecule has 0 aliphatic rings. The monoisotopic (exact) mass is 395 g/mol. The Kier molecular flexibility index (Phi) is 7.06. The van der Waals surface area contributed by atoms with Crippen molar-refractivity contribution in [2.45, 2.75) is 33.2 Å². The maximum absolute atomic E-state index is 12.3. The SMILES string of the molecule is Cc1ccc(/C=C/C(=O)NC(=S)Nc2cccc(C(=O)NC(C)(C)C)c2)cc1. The summed E-state index contributed by atoms with van der Waals surface area (Å²) in [6, 6.07) is 14.8. The number of anilines is 1. The number of thiocarbonyl (C=S) groups is 1. The quantitative estimate of drug-likeness (QED) is 0.540. The van der Waals surface area contributed by atoms with Gasteiger partial charge in [-0.2, -0.15) is 0 Å². The average Bonchev–Trinajstić information content (AvgIpc) is 2.60.